The summed E-state index contributed by atoms with van der Waals surface area (Å²) in [6.07, 6.45) is 5.37. The number of phenols is 2. The Kier molecular flexibility index (Phi) is 5.78. The smallest absolute Gasteiger partial charge is 0.214 e. The maximum atomic E-state index is 9.45. The van der Waals surface area contributed by atoms with Crippen LogP contribution in [0.25, 0.3) is 22.3 Å². The molecule has 4 aromatic carbocycles. The highest BCUT2D eigenvalue weighted by atomic mass is 16.7. The largest absolute Gasteiger partial charge is 0.508 e. The van der Waals surface area contributed by atoms with Crippen LogP contribution in [-0.2, 0) is 0 Å². The second-order valence-electron chi connectivity index (χ2n) is 7.65. The molecule has 1 heterocycles. The third-order valence-corrected chi connectivity index (χ3v) is 5.23. The Morgan fingerprint density at radius 1 is 0.559 bits per heavy atom. The van der Waals surface area contributed by atoms with Gasteiger partial charge in [-0.25, -0.2) is 5.43 Å². The number of phenolic OH excluding ortho intramolecular Hbond substituents is 2. The van der Waals surface area contributed by atoms with E-state index in [1.807, 2.05) is 84.9 Å². The van der Waals surface area contributed by atoms with E-state index in [4.69, 9.17) is 9.57 Å². The molecule has 0 radical (unpaired) electrons. The molecule has 168 valence electrons. The zero-order valence-corrected chi connectivity index (χ0v) is 18.1. The molecule has 0 atom stereocenters. The molecule has 0 amide bonds. The fourth-order valence-corrected chi connectivity index (χ4v) is 3.47. The van der Waals surface area contributed by atoms with Crippen molar-refractivity contribution in [1.82, 2.24) is 10.6 Å². The Labute approximate surface area is 197 Å². The minimum absolute atomic E-state index is 0.242. The highest BCUT2D eigenvalue weighted by Gasteiger charge is 2.11. The van der Waals surface area contributed by atoms with E-state index in [1.165, 1.54) is 5.17 Å². The highest BCUT2D eigenvalue weighted by Crippen LogP contribution is 2.26. The van der Waals surface area contributed by atoms with Crippen LogP contribution in [0.15, 0.2) is 121 Å². The van der Waals surface area contributed by atoms with E-state index in [1.54, 1.807) is 30.5 Å². The molecule has 4 aromatic rings. The van der Waals surface area contributed by atoms with Crippen LogP contribution in [0.2, 0.25) is 0 Å². The molecule has 0 aromatic heterocycles. The van der Waals surface area contributed by atoms with Gasteiger partial charge in [-0.15, -0.1) is 5.17 Å². The van der Waals surface area contributed by atoms with E-state index < -0.39 is 0 Å². The Bertz CT molecular complexity index is 1310. The van der Waals surface area contributed by atoms with E-state index in [-0.39, 0.29) is 11.5 Å². The van der Waals surface area contributed by atoms with Gasteiger partial charge in [0.15, 0.2) is 5.75 Å². The average Bonchev–Trinajstić information content (AvgIpc) is 2.86. The predicted octanol–water partition coefficient (Wildman–Crippen LogP) is 5.98. The van der Waals surface area contributed by atoms with Crippen molar-refractivity contribution in [1.29, 1.82) is 0 Å². The van der Waals surface area contributed by atoms with Gasteiger partial charge in [0.2, 0.25) is 5.88 Å². The fourth-order valence-electron chi connectivity index (χ4n) is 3.47. The predicted molar refractivity (Wildman–Crippen MR) is 131 cm³/mol. The molecule has 0 saturated heterocycles. The normalized spacial score (nSPS) is 12.6. The second-order valence-corrected chi connectivity index (χ2v) is 7.65. The average molecular weight is 450 g/mol. The van der Waals surface area contributed by atoms with Crippen LogP contribution < -0.4 is 15.0 Å². The quantitative estimate of drug-likeness (QED) is 0.336. The summed E-state index contributed by atoms with van der Waals surface area (Å²) in [6, 6.07) is 29.5. The van der Waals surface area contributed by atoms with E-state index in [0.29, 0.717) is 17.4 Å². The Morgan fingerprint density at radius 3 is 1.50 bits per heavy atom. The van der Waals surface area contributed by atoms with E-state index in [9.17, 15) is 10.2 Å². The summed E-state index contributed by atoms with van der Waals surface area (Å²) in [5.41, 5.74) is 7.13. The molecule has 1 aliphatic rings. The minimum Gasteiger partial charge on any atom is -0.508 e. The molecule has 0 bridgehead atoms. The first kappa shape index (κ1) is 21.0. The topological polar surface area (TPSA) is 74.2 Å². The fraction of sp³-hybridized carbons (Fsp3) is 0. The molecule has 0 spiro atoms. The summed E-state index contributed by atoms with van der Waals surface area (Å²) < 4.78 is 5.94. The Morgan fingerprint density at radius 2 is 1.00 bits per heavy atom. The lowest BCUT2D eigenvalue weighted by Gasteiger charge is -2.25. The van der Waals surface area contributed by atoms with Crippen molar-refractivity contribution in [3.05, 3.63) is 121 Å². The van der Waals surface area contributed by atoms with Gasteiger partial charge in [-0.05, 0) is 76.9 Å². The van der Waals surface area contributed by atoms with Crippen LogP contribution in [0.5, 0.6) is 23.0 Å². The number of hydrazine groups is 1. The van der Waals surface area contributed by atoms with Gasteiger partial charge >= 0.3 is 0 Å². The molecule has 34 heavy (non-hydrogen) atoms. The van der Waals surface area contributed by atoms with Crippen molar-refractivity contribution in [2.45, 2.75) is 0 Å². The summed E-state index contributed by atoms with van der Waals surface area (Å²) in [4.78, 5) is 5.87. The monoisotopic (exact) mass is 450 g/mol. The third kappa shape index (κ3) is 4.97. The van der Waals surface area contributed by atoms with Crippen LogP contribution in [-0.4, -0.2) is 15.4 Å². The molecule has 1 aliphatic heterocycles. The van der Waals surface area contributed by atoms with E-state index >= 15 is 0 Å². The van der Waals surface area contributed by atoms with Gasteiger partial charge in [0.1, 0.15) is 17.2 Å². The molecular formula is C28H22N2O4. The number of hydrogen-bond donors (Lipinski definition) is 3. The lowest BCUT2D eigenvalue weighted by Crippen LogP contribution is -2.38. The minimum atomic E-state index is 0.242. The molecule has 6 nitrogen and oxygen atoms in total. The number of rotatable bonds is 6. The molecule has 0 fully saturated rings. The van der Waals surface area contributed by atoms with Gasteiger partial charge in [0.05, 0.1) is 6.20 Å². The first-order valence-electron chi connectivity index (χ1n) is 10.7. The molecular weight excluding hydrogens is 428 g/mol. The lowest BCUT2D eigenvalue weighted by molar-refractivity contribution is -0.0580. The third-order valence-electron chi connectivity index (χ3n) is 5.23. The van der Waals surface area contributed by atoms with Crippen molar-refractivity contribution < 1.29 is 19.8 Å². The highest BCUT2D eigenvalue weighted by molar-refractivity contribution is 5.65. The van der Waals surface area contributed by atoms with E-state index in [0.717, 1.165) is 22.3 Å². The Balaban J connectivity index is 1.19. The first-order chi connectivity index (χ1) is 16.6. The summed E-state index contributed by atoms with van der Waals surface area (Å²) in [5, 5.41) is 20.4. The van der Waals surface area contributed by atoms with Gasteiger partial charge < -0.3 is 19.8 Å². The van der Waals surface area contributed by atoms with Crippen LogP contribution in [0.1, 0.15) is 0 Å². The molecule has 5 rings (SSSR count). The SMILES string of the molecule is Oc1ccc(-c2ccc(OC3=CC=CN(Oc4ccc(-c5ccc(O)cc5)cc4)N3)cc2)cc1. The number of hydroxylamine groups is 1. The van der Waals surface area contributed by atoms with Crippen molar-refractivity contribution in [3.63, 3.8) is 0 Å². The number of nitrogens with zero attached hydrogens (tertiary/aromatic N) is 1. The zero-order valence-electron chi connectivity index (χ0n) is 18.1. The standard InChI is InChI=1S/C28H22N2O4/c31-24-11-3-20(4-12-24)22-7-15-26(16-8-22)33-28-2-1-19-30(29-28)34-27-17-9-23(10-18-27)21-5-13-25(32)14-6-21/h1-19,29,31-32H. The summed E-state index contributed by atoms with van der Waals surface area (Å²) >= 11 is 0. The number of allylic oxidation sites excluding steroid dienone is 2. The maximum absolute atomic E-state index is 9.45. The van der Waals surface area contributed by atoms with Crippen LogP contribution in [0, 0.1) is 0 Å². The number of nitrogens with one attached hydrogen (secondary N) is 1. The van der Waals surface area contributed by atoms with Gasteiger partial charge in [-0.2, -0.15) is 0 Å². The number of aromatic hydroxyl groups is 2. The molecule has 0 aliphatic carbocycles. The van der Waals surface area contributed by atoms with Crippen molar-refractivity contribution in [2.75, 3.05) is 0 Å². The number of ether oxygens (including phenoxy) is 1. The van der Waals surface area contributed by atoms with Crippen LogP contribution in [0.3, 0.4) is 0 Å². The second kappa shape index (κ2) is 9.34. The molecule has 6 heteroatoms. The number of hydrogen-bond acceptors (Lipinski definition) is 6. The lowest BCUT2D eigenvalue weighted by atomic mass is 10.1. The van der Waals surface area contributed by atoms with Crippen LogP contribution >= 0.6 is 0 Å². The summed E-state index contributed by atoms with van der Waals surface area (Å²) in [6.45, 7) is 0. The van der Waals surface area contributed by atoms with Crippen molar-refractivity contribution in [3.8, 4) is 45.3 Å². The molecule has 3 N–H and O–H groups in total. The van der Waals surface area contributed by atoms with Gasteiger partial charge in [0.25, 0.3) is 0 Å². The van der Waals surface area contributed by atoms with E-state index in [2.05, 4.69) is 5.43 Å². The van der Waals surface area contributed by atoms with Crippen molar-refractivity contribution in [2.24, 2.45) is 0 Å². The van der Waals surface area contributed by atoms with Gasteiger partial charge in [-0.3, -0.25) is 0 Å². The van der Waals surface area contributed by atoms with Gasteiger partial charge in [0, 0.05) is 6.08 Å². The van der Waals surface area contributed by atoms with Crippen LogP contribution in [0.4, 0.5) is 0 Å². The van der Waals surface area contributed by atoms with Gasteiger partial charge in [-0.1, -0.05) is 48.5 Å². The summed E-state index contributed by atoms with van der Waals surface area (Å²) in [7, 11) is 0. The molecule has 0 unspecified atom stereocenters. The number of benzene rings is 4. The Hall–Kier alpha value is -4.84. The van der Waals surface area contributed by atoms with Crippen molar-refractivity contribution >= 4 is 0 Å². The summed E-state index contributed by atoms with van der Waals surface area (Å²) in [5.74, 6) is 2.33. The zero-order chi connectivity index (χ0) is 23.3. The maximum Gasteiger partial charge on any atom is 0.214 e. The molecule has 0 saturated carbocycles. The first-order valence-corrected chi connectivity index (χ1v) is 10.7.